The molecule has 1 rings (SSSR count). The Balaban J connectivity index is 2.50. The van der Waals surface area contributed by atoms with Crippen LogP contribution in [0.3, 0.4) is 0 Å². The minimum absolute atomic E-state index is 0.0135. The number of pyridine rings is 1. The molecule has 17 heavy (non-hydrogen) atoms. The minimum Gasteiger partial charge on any atom is -0.460 e. The lowest BCUT2D eigenvalue weighted by Crippen LogP contribution is -2.15. The molecule has 0 atom stereocenters. The Labute approximate surface area is 97.6 Å². The topological polar surface area (TPSA) is 48.4 Å². The van der Waals surface area contributed by atoms with Crippen LogP contribution in [0.5, 0.6) is 0 Å². The lowest BCUT2D eigenvalue weighted by atomic mass is 10.2. The average Bonchev–Trinajstić information content (AvgIpc) is 2.27. The van der Waals surface area contributed by atoms with Gasteiger partial charge in [-0.2, -0.15) is 4.39 Å². The standard InChI is InChI=1S/C11H13F2NO3/c1-7(2)16-5-6-17-11(15)8-3-4-14-10(13)9(8)12/h3-4,7H,5-6H2,1-2H3. The van der Waals surface area contributed by atoms with Gasteiger partial charge < -0.3 is 9.47 Å². The molecule has 1 aromatic rings. The molecular weight excluding hydrogens is 232 g/mol. The van der Waals surface area contributed by atoms with Crippen LogP contribution < -0.4 is 0 Å². The molecule has 0 bridgehead atoms. The van der Waals surface area contributed by atoms with Gasteiger partial charge in [0.2, 0.25) is 5.95 Å². The predicted octanol–water partition coefficient (Wildman–Crippen LogP) is 1.94. The third kappa shape index (κ3) is 4.07. The molecule has 1 heterocycles. The first-order valence-corrected chi connectivity index (χ1v) is 5.11. The third-order valence-corrected chi connectivity index (χ3v) is 1.83. The van der Waals surface area contributed by atoms with Crippen molar-refractivity contribution in [1.29, 1.82) is 0 Å². The van der Waals surface area contributed by atoms with Crippen molar-refractivity contribution in [2.45, 2.75) is 20.0 Å². The van der Waals surface area contributed by atoms with Crippen molar-refractivity contribution in [3.8, 4) is 0 Å². The highest BCUT2D eigenvalue weighted by Gasteiger charge is 2.17. The van der Waals surface area contributed by atoms with Crippen LogP contribution in [0.2, 0.25) is 0 Å². The van der Waals surface area contributed by atoms with E-state index in [1.165, 1.54) is 0 Å². The monoisotopic (exact) mass is 245 g/mol. The van der Waals surface area contributed by atoms with E-state index in [-0.39, 0.29) is 19.3 Å². The normalized spacial score (nSPS) is 10.6. The number of rotatable bonds is 5. The quantitative estimate of drug-likeness (QED) is 0.452. The Kier molecular flexibility index (Phi) is 4.96. The number of aromatic nitrogens is 1. The summed E-state index contributed by atoms with van der Waals surface area (Å²) < 4.78 is 35.7. The number of hydrogen-bond acceptors (Lipinski definition) is 4. The van der Waals surface area contributed by atoms with Gasteiger partial charge in [-0.3, -0.25) is 0 Å². The summed E-state index contributed by atoms with van der Waals surface area (Å²) in [6, 6.07) is 1.06. The molecule has 94 valence electrons. The van der Waals surface area contributed by atoms with Crippen LogP contribution >= 0.6 is 0 Å². The summed E-state index contributed by atoms with van der Waals surface area (Å²) >= 11 is 0. The summed E-state index contributed by atoms with van der Waals surface area (Å²) in [4.78, 5) is 14.4. The van der Waals surface area contributed by atoms with E-state index in [0.29, 0.717) is 0 Å². The maximum Gasteiger partial charge on any atom is 0.341 e. The van der Waals surface area contributed by atoms with Gasteiger partial charge in [0.25, 0.3) is 0 Å². The smallest absolute Gasteiger partial charge is 0.341 e. The zero-order chi connectivity index (χ0) is 12.8. The van der Waals surface area contributed by atoms with Crippen LogP contribution in [0, 0.1) is 11.8 Å². The van der Waals surface area contributed by atoms with E-state index < -0.39 is 23.3 Å². The van der Waals surface area contributed by atoms with Crippen LogP contribution in [0.1, 0.15) is 24.2 Å². The van der Waals surface area contributed by atoms with Crippen LogP contribution in [-0.2, 0) is 9.47 Å². The highest BCUT2D eigenvalue weighted by Crippen LogP contribution is 2.10. The number of nitrogens with zero attached hydrogens (tertiary/aromatic N) is 1. The number of hydrogen-bond donors (Lipinski definition) is 0. The molecule has 0 spiro atoms. The minimum atomic E-state index is -1.32. The third-order valence-electron chi connectivity index (χ3n) is 1.83. The van der Waals surface area contributed by atoms with Gasteiger partial charge in [-0.15, -0.1) is 0 Å². The fraction of sp³-hybridized carbons (Fsp3) is 0.455. The molecule has 0 aliphatic rings. The number of carbonyl (C=O) groups is 1. The molecule has 0 aliphatic carbocycles. The van der Waals surface area contributed by atoms with Crippen LogP contribution in [0.4, 0.5) is 8.78 Å². The first kappa shape index (κ1) is 13.5. The second-order valence-electron chi connectivity index (χ2n) is 3.52. The van der Waals surface area contributed by atoms with Gasteiger partial charge in [0.15, 0.2) is 5.82 Å². The molecule has 0 aliphatic heterocycles. The summed E-state index contributed by atoms with van der Waals surface area (Å²) in [7, 11) is 0. The van der Waals surface area contributed by atoms with Gasteiger partial charge in [0, 0.05) is 6.20 Å². The number of halogens is 2. The summed E-state index contributed by atoms with van der Waals surface area (Å²) in [6.07, 6.45) is 1.02. The van der Waals surface area contributed by atoms with E-state index in [4.69, 9.17) is 9.47 Å². The van der Waals surface area contributed by atoms with E-state index in [2.05, 4.69) is 4.98 Å². The maximum atomic E-state index is 13.1. The molecule has 1 aromatic heterocycles. The van der Waals surface area contributed by atoms with E-state index in [0.717, 1.165) is 12.3 Å². The molecule has 0 saturated carbocycles. The first-order chi connectivity index (χ1) is 8.02. The first-order valence-electron chi connectivity index (χ1n) is 5.11. The highest BCUT2D eigenvalue weighted by molar-refractivity contribution is 5.89. The van der Waals surface area contributed by atoms with E-state index in [1.54, 1.807) is 0 Å². The Morgan fingerprint density at radius 1 is 1.41 bits per heavy atom. The van der Waals surface area contributed by atoms with Crippen molar-refractivity contribution in [2.24, 2.45) is 0 Å². The van der Waals surface area contributed by atoms with E-state index in [9.17, 15) is 13.6 Å². The summed E-state index contributed by atoms with van der Waals surface area (Å²) in [5.74, 6) is -3.56. The second-order valence-corrected chi connectivity index (χ2v) is 3.52. The highest BCUT2D eigenvalue weighted by atomic mass is 19.2. The maximum absolute atomic E-state index is 13.1. The van der Waals surface area contributed by atoms with Gasteiger partial charge in [-0.05, 0) is 19.9 Å². The molecule has 0 saturated heterocycles. The van der Waals surface area contributed by atoms with Crippen molar-refractivity contribution in [2.75, 3.05) is 13.2 Å². The summed E-state index contributed by atoms with van der Waals surface area (Å²) in [5, 5.41) is 0. The Morgan fingerprint density at radius 2 is 2.12 bits per heavy atom. The Hall–Kier alpha value is -1.56. The van der Waals surface area contributed by atoms with Gasteiger partial charge >= 0.3 is 5.97 Å². The Bertz CT molecular complexity index is 396. The zero-order valence-electron chi connectivity index (χ0n) is 9.57. The fourth-order valence-electron chi connectivity index (χ4n) is 1.07. The van der Waals surface area contributed by atoms with Crippen molar-refractivity contribution in [3.63, 3.8) is 0 Å². The van der Waals surface area contributed by atoms with E-state index >= 15 is 0 Å². The van der Waals surface area contributed by atoms with Crippen molar-refractivity contribution in [1.82, 2.24) is 4.98 Å². The molecule has 6 heteroatoms. The molecule has 4 nitrogen and oxygen atoms in total. The molecular formula is C11H13F2NO3. The molecule has 0 radical (unpaired) electrons. The molecule has 0 fully saturated rings. The molecule has 0 unspecified atom stereocenters. The van der Waals surface area contributed by atoms with Crippen LogP contribution in [0.15, 0.2) is 12.3 Å². The average molecular weight is 245 g/mol. The van der Waals surface area contributed by atoms with Gasteiger partial charge in [0.1, 0.15) is 12.2 Å². The van der Waals surface area contributed by atoms with Crippen molar-refractivity contribution >= 4 is 5.97 Å². The number of carbonyl (C=O) groups excluding carboxylic acids is 1. The van der Waals surface area contributed by atoms with Gasteiger partial charge in [0.05, 0.1) is 12.7 Å². The van der Waals surface area contributed by atoms with Crippen LogP contribution in [-0.4, -0.2) is 30.3 Å². The molecule has 0 N–H and O–H groups in total. The van der Waals surface area contributed by atoms with Crippen molar-refractivity contribution in [3.05, 3.63) is 29.6 Å². The zero-order valence-corrected chi connectivity index (χ0v) is 9.57. The summed E-state index contributed by atoms with van der Waals surface area (Å²) in [6.45, 7) is 3.86. The summed E-state index contributed by atoms with van der Waals surface area (Å²) in [5.41, 5.74) is -0.470. The van der Waals surface area contributed by atoms with Crippen LogP contribution in [0.25, 0.3) is 0 Å². The fourth-order valence-corrected chi connectivity index (χ4v) is 1.07. The van der Waals surface area contributed by atoms with E-state index in [1.807, 2.05) is 13.8 Å². The lowest BCUT2D eigenvalue weighted by molar-refractivity contribution is 0.0172. The lowest BCUT2D eigenvalue weighted by Gasteiger charge is -2.08. The predicted molar refractivity (Wildman–Crippen MR) is 55.5 cm³/mol. The number of esters is 1. The molecule has 0 aromatic carbocycles. The number of ether oxygens (including phenoxy) is 2. The van der Waals surface area contributed by atoms with Crippen molar-refractivity contribution < 1.29 is 23.0 Å². The second kappa shape index (κ2) is 6.24. The van der Waals surface area contributed by atoms with Gasteiger partial charge in [-0.1, -0.05) is 0 Å². The van der Waals surface area contributed by atoms with Gasteiger partial charge in [-0.25, -0.2) is 14.2 Å². The largest absolute Gasteiger partial charge is 0.460 e. The molecule has 0 amide bonds. The SMILES string of the molecule is CC(C)OCCOC(=O)c1ccnc(F)c1F. The Morgan fingerprint density at radius 3 is 2.76 bits per heavy atom.